The van der Waals surface area contributed by atoms with Crippen molar-refractivity contribution in [2.24, 2.45) is 11.8 Å². The zero-order valence-electron chi connectivity index (χ0n) is 18.4. The summed E-state index contributed by atoms with van der Waals surface area (Å²) in [4.78, 5) is 53.1. The third-order valence-electron chi connectivity index (χ3n) is 5.44. The first-order valence-electron chi connectivity index (χ1n) is 10.1. The second kappa shape index (κ2) is 10.9. The molecule has 1 aliphatic heterocycles. The van der Waals surface area contributed by atoms with Crippen molar-refractivity contribution < 1.29 is 38.1 Å². The molecule has 1 fully saturated rings. The van der Waals surface area contributed by atoms with Gasteiger partial charge in [0.25, 0.3) is 0 Å². The summed E-state index contributed by atoms with van der Waals surface area (Å²) in [5.74, 6) is -5.71. The topological polar surface area (TPSA) is 108 Å². The number of methoxy groups -OCH3 is 2. The van der Waals surface area contributed by atoms with E-state index in [4.69, 9.17) is 18.9 Å². The summed E-state index contributed by atoms with van der Waals surface area (Å²) >= 11 is 0. The molecule has 0 aromatic heterocycles. The molecule has 1 aromatic rings. The van der Waals surface area contributed by atoms with Gasteiger partial charge in [-0.1, -0.05) is 30.3 Å². The Kier molecular flexibility index (Phi) is 8.56. The van der Waals surface area contributed by atoms with E-state index in [2.05, 4.69) is 0 Å². The van der Waals surface area contributed by atoms with Crippen LogP contribution in [0.4, 0.5) is 0 Å². The molecule has 0 N–H and O–H groups in total. The van der Waals surface area contributed by atoms with Crippen molar-refractivity contribution in [3.63, 3.8) is 0 Å². The Hall–Kier alpha value is -2.94. The zero-order valence-corrected chi connectivity index (χ0v) is 18.4. The van der Waals surface area contributed by atoms with Gasteiger partial charge in [0.15, 0.2) is 0 Å². The zero-order chi connectivity index (χ0) is 23.1. The van der Waals surface area contributed by atoms with Crippen LogP contribution in [0.3, 0.4) is 0 Å². The number of nitrogens with zero attached hydrogens (tertiary/aromatic N) is 1. The molecule has 1 heterocycles. The quantitative estimate of drug-likeness (QED) is 0.443. The highest BCUT2D eigenvalue weighted by Crippen LogP contribution is 2.43. The van der Waals surface area contributed by atoms with Crippen LogP contribution in [0.15, 0.2) is 30.3 Å². The van der Waals surface area contributed by atoms with Gasteiger partial charge >= 0.3 is 23.9 Å². The summed E-state index contributed by atoms with van der Waals surface area (Å²) in [5.41, 5.74) is 0.778. The molecule has 170 valence electrons. The molecule has 31 heavy (non-hydrogen) atoms. The van der Waals surface area contributed by atoms with Crippen LogP contribution in [0, 0.1) is 11.8 Å². The Bertz CT molecular complexity index is 752. The lowest BCUT2D eigenvalue weighted by molar-refractivity contribution is -0.162. The second-order valence-corrected chi connectivity index (χ2v) is 7.03. The Morgan fingerprint density at radius 3 is 1.58 bits per heavy atom. The fourth-order valence-electron chi connectivity index (χ4n) is 4.14. The third kappa shape index (κ3) is 4.87. The van der Waals surface area contributed by atoms with Crippen molar-refractivity contribution in [2.75, 3.05) is 27.4 Å². The van der Waals surface area contributed by atoms with E-state index >= 15 is 0 Å². The highest BCUT2D eigenvalue weighted by Gasteiger charge is 2.63. The van der Waals surface area contributed by atoms with Crippen LogP contribution in [0.5, 0.6) is 0 Å². The summed E-state index contributed by atoms with van der Waals surface area (Å²) in [6.45, 7) is 5.16. The highest BCUT2D eigenvalue weighted by molar-refractivity contribution is 5.95. The first-order valence-corrected chi connectivity index (χ1v) is 10.1. The molecule has 0 aliphatic carbocycles. The molecule has 0 unspecified atom stereocenters. The van der Waals surface area contributed by atoms with Crippen LogP contribution in [-0.4, -0.2) is 68.3 Å². The van der Waals surface area contributed by atoms with Gasteiger partial charge in [-0.2, -0.15) is 0 Å². The molecule has 0 amide bonds. The Labute approximate surface area is 181 Å². The molecular formula is C22H29NO8. The number of esters is 4. The van der Waals surface area contributed by atoms with Crippen molar-refractivity contribution >= 4 is 23.9 Å². The number of carbonyl (C=O) groups is 4. The second-order valence-electron chi connectivity index (χ2n) is 7.03. The molecule has 2 rings (SSSR count). The molecule has 0 radical (unpaired) electrons. The molecular weight excluding hydrogens is 406 g/mol. The average Bonchev–Trinajstić information content (AvgIpc) is 3.14. The third-order valence-corrected chi connectivity index (χ3v) is 5.44. The SMILES string of the molecule is CCOC(=O)[C@H]1[C@@H](C(=O)OC)[C@H](C(=O)OC)[C@H](C(=O)OCC)N1[C@H](C)c1ccccc1. The molecule has 0 spiro atoms. The molecule has 9 nitrogen and oxygen atoms in total. The minimum absolute atomic E-state index is 0.0593. The molecule has 1 aromatic carbocycles. The maximum Gasteiger partial charge on any atom is 0.324 e. The number of likely N-dealkylation sites (tertiary alicyclic amines) is 1. The van der Waals surface area contributed by atoms with Gasteiger partial charge in [-0.25, -0.2) is 0 Å². The van der Waals surface area contributed by atoms with E-state index in [9.17, 15) is 19.2 Å². The molecule has 0 bridgehead atoms. The Morgan fingerprint density at radius 2 is 1.23 bits per heavy atom. The fraction of sp³-hybridized carbons (Fsp3) is 0.545. The summed E-state index contributed by atoms with van der Waals surface area (Å²) < 4.78 is 20.3. The van der Waals surface area contributed by atoms with Gasteiger partial charge in [0.2, 0.25) is 0 Å². The predicted octanol–water partition coefficient (Wildman–Crippen LogP) is 1.51. The monoisotopic (exact) mass is 435 g/mol. The maximum absolute atomic E-state index is 13.0. The van der Waals surface area contributed by atoms with Crippen LogP contribution in [0.1, 0.15) is 32.4 Å². The van der Waals surface area contributed by atoms with E-state index in [1.807, 2.05) is 30.3 Å². The van der Waals surface area contributed by atoms with Gasteiger partial charge in [-0.3, -0.25) is 24.1 Å². The van der Waals surface area contributed by atoms with Crippen LogP contribution >= 0.6 is 0 Å². The van der Waals surface area contributed by atoms with E-state index < -0.39 is 53.8 Å². The molecule has 1 saturated heterocycles. The minimum Gasteiger partial charge on any atom is -0.469 e. The van der Waals surface area contributed by atoms with Crippen LogP contribution in [0.2, 0.25) is 0 Å². The Morgan fingerprint density at radius 1 is 0.806 bits per heavy atom. The standard InChI is InChI=1S/C22H29NO8/c1-6-30-21(26)17-15(19(24)28-4)16(20(25)29-5)18(22(27)31-7-2)23(17)13(3)14-11-9-8-10-12-14/h8-13,15-18H,6-7H2,1-5H3/t13-,15+,16+,17-,18-/m1/s1. The molecule has 0 saturated carbocycles. The van der Waals surface area contributed by atoms with Gasteiger partial charge in [-0.15, -0.1) is 0 Å². The largest absolute Gasteiger partial charge is 0.469 e. The number of hydrogen-bond donors (Lipinski definition) is 0. The van der Waals surface area contributed by atoms with Gasteiger partial charge in [0.1, 0.15) is 12.1 Å². The minimum atomic E-state index is -1.31. The predicted molar refractivity (Wildman–Crippen MR) is 109 cm³/mol. The molecule has 9 heteroatoms. The first kappa shape index (κ1) is 24.3. The lowest BCUT2D eigenvalue weighted by Gasteiger charge is -2.34. The Balaban J connectivity index is 2.72. The molecule has 1 aliphatic rings. The number of benzene rings is 1. The summed E-state index contributed by atoms with van der Waals surface area (Å²) in [5, 5.41) is 0. The van der Waals surface area contributed by atoms with E-state index in [1.165, 1.54) is 4.90 Å². The van der Waals surface area contributed by atoms with Gasteiger partial charge in [-0.05, 0) is 26.3 Å². The lowest BCUT2D eigenvalue weighted by Crippen LogP contribution is -2.49. The number of carbonyl (C=O) groups excluding carboxylic acids is 4. The summed E-state index contributed by atoms with van der Waals surface area (Å²) in [7, 11) is 2.31. The van der Waals surface area contributed by atoms with Gasteiger partial charge < -0.3 is 18.9 Å². The number of rotatable bonds is 8. The average molecular weight is 435 g/mol. The fourth-order valence-corrected chi connectivity index (χ4v) is 4.14. The summed E-state index contributed by atoms with van der Waals surface area (Å²) in [6, 6.07) is 6.09. The van der Waals surface area contributed by atoms with Crippen molar-refractivity contribution in [2.45, 2.75) is 38.9 Å². The number of hydrogen-bond acceptors (Lipinski definition) is 9. The van der Waals surface area contributed by atoms with Crippen LogP contribution in [0.25, 0.3) is 0 Å². The van der Waals surface area contributed by atoms with Crippen LogP contribution < -0.4 is 0 Å². The van der Waals surface area contributed by atoms with E-state index in [1.54, 1.807) is 20.8 Å². The summed E-state index contributed by atoms with van der Waals surface area (Å²) in [6.07, 6.45) is 0. The van der Waals surface area contributed by atoms with E-state index in [0.717, 1.165) is 19.8 Å². The first-order chi connectivity index (χ1) is 14.8. The molecule has 5 atom stereocenters. The van der Waals surface area contributed by atoms with Crippen molar-refractivity contribution in [3.8, 4) is 0 Å². The van der Waals surface area contributed by atoms with Crippen molar-refractivity contribution in [1.29, 1.82) is 0 Å². The van der Waals surface area contributed by atoms with Gasteiger partial charge in [0, 0.05) is 6.04 Å². The smallest absolute Gasteiger partial charge is 0.324 e. The van der Waals surface area contributed by atoms with Crippen LogP contribution in [-0.2, 0) is 38.1 Å². The van der Waals surface area contributed by atoms with Crippen molar-refractivity contribution in [1.82, 2.24) is 4.90 Å². The highest BCUT2D eigenvalue weighted by atomic mass is 16.5. The number of ether oxygens (including phenoxy) is 4. The van der Waals surface area contributed by atoms with E-state index in [-0.39, 0.29) is 13.2 Å². The van der Waals surface area contributed by atoms with Crippen molar-refractivity contribution in [3.05, 3.63) is 35.9 Å². The van der Waals surface area contributed by atoms with Gasteiger partial charge in [0.05, 0.1) is 39.3 Å². The maximum atomic E-state index is 13.0. The van der Waals surface area contributed by atoms with E-state index in [0.29, 0.717) is 0 Å². The normalized spacial score (nSPS) is 24.2. The lowest BCUT2D eigenvalue weighted by atomic mass is 9.86.